The summed E-state index contributed by atoms with van der Waals surface area (Å²) in [6.45, 7) is 5.50. The van der Waals surface area contributed by atoms with Crippen LogP contribution in [0, 0.1) is 5.92 Å². The van der Waals surface area contributed by atoms with Crippen molar-refractivity contribution >= 4 is 0 Å². The first kappa shape index (κ1) is 11.6. The van der Waals surface area contributed by atoms with E-state index in [1.165, 1.54) is 25.7 Å². The second-order valence-corrected chi connectivity index (χ2v) is 5.23. The summed E-state index contributed by atoms with van der Waals surface area (Å²) in [5.41, 5.74) is 0. The molecule has 2 unspecified atom stereocenters. The maximum atomic E-state index is 4.23. The minimum Gasteiger partial charge on any atom is -0.310 e. The van der Waals surface area contributed by atoms with Gasteiger partial charge in [0.2, 0.25) is 0 Å². The van der Waals surface area contributed by atoms with Gasteiger partial charge < -0.3 is 5.32 Å². The van der Waals surface area contributed by atoms with E-state index in [1.807, 2.05) is 23.1 Å². The normalized spacial score (nSPS) is 20.4. The number of hydrogen-bond acceptors (Lipinski definition) is 2. The summed E-state index contributed by atoms with van der Waals surface area (Å²) >= 11 is 0. The Morgan fingerprint density at radius 2 is 2.19 bits per heavy atom. The van der Waals surface area contributed by atoms with Crippen molar-refractivity contribution < 1.29 is 0 Å². The van der Waals surface area contributed by atoms with Gasteiger partial charge in [0.25, 0.3) is 0 Å². The van der Waals surface area contributed by atoms with Crippen LogP contribution in [0.15, 0.2) is 18.5 Å². The van der Waals surface area contributed by atoms with E-state index < -0.39 is 0 Å². The van der Waals surface area contributed by atoms with Gasteiger partial charge in [0.15, 0.2) is 0 Å². The van der Waals surface area contributed by atoms with Crippen LogP contribution in [0.5, 0.6) is 0 Å². The monoisotopic (exact) mass is 221 g/mol. The molecule has 0 amide bonds. The molecule has 2 atom stereocenters. The molecule has 90 valence electrons. The number of nitrogens with zero attached hydrogens (tertiary/aromatic N) is 2. The van der Waals surface area contributed by atoms with E-state index in [2.05, 4.69) is 24.3 Å². The predicted molar refractivity (Wildman–Crippen MR) is 66.2 cm³/mol. The average Bonchev–Trinajstić information content (AvgIpc) is 2.63. The molecule has 1 aromatic rings. The molecular formula is C13H23N3. The minimum absolute atomic E-state index is 0.495. The highest BCUT2D eigenvalue weighted by molar-refractivity contribution is 4.80. The highest BCUT2D eigenvalue weighted by Crippen LogP contribution is 2.30. The van der Waals surface area contributed by atoms with Crippen LogP contribution in [0.1, 0.15) is 39.5 Å². The molecular weight excluding hydrogens is 198 g/mol. The zero-order valence-corrected chi connectivity index (χ0v) is 10.4. The fourth-order valence-corrected chi connectivity index (χ4v) is 2.52. The van der Waals surface area contributed by atoms with Gasteiger partial charge in [0, 0.05) is 24.5 Å². The Morgan fingerprint density at radius 3 is 2.75 bits per heavy atom. The third kappa shape index (κ3) is 3.34. The minimum atomic E-state index is 0.495. The fourth-order valence-electron chi connectivity index (χ4n) is 2.52. The van der Waals surface area contributed by atoms with Crippen molar-refractivity contribution in [2.75, 3.05) is 0 Å². The van der Waals surface area contributed by atoms with E-state index in [1.54, 1.807) is 0 Å². The van der Waals surface area contributed by atoms with E-state index in [0.717, 1.165) is 12.5 Å². The molecule has 0 bridgehead atoms. The second-order valence-electron chi connectivity index (χ2n) is 5.23. The lowest BCUT2D eigenvalue weighted by Gasteiger charge is -2.30. The molecule has 1 aliphatic carbocycles. The van der Waals surface area contributed by atoms with Crippen LogP contribution in [-0.2, 0) is 6.54 Å². The van der Waals surface area contributed by atoms with E-state index >= 15 is 0 Å². The van der Waals surface area contributed by atoms with Crippen LogP contribution in [-0.4, -0.2) is 21.9 Å². The maximum Gasteiger partial charge on any atom is 0.0560 e. The lowest BCUT2D eigenvalue weighted by molar-refractivity contribution is 0.255. The third-order valence-electron chi connectivity index (χ3n) is 3.50. The van der Waals surface area contributed by atoms with Gasteiger partial charge in [-0.1, -0.05) is 19.3 Å². The summed E-state index contributed by atoms with van der Waals surface area (Å²) in [6, 6.07) is 3.11. The molecule has 0 aliphatic heterocycles. The van der Waals surface area contributed by atoms with Crippen LogP contribution in [0.4, 0.5) is 0 Å². The van der Waals surface area contributed by atoms with E-state index in [-0.39, 0.29) is 0 Å². The first-order valence-corrected chi connectivity index (χ1v) is 6.47. The van der Waals surface area contributed by atoms with Crippen molar-refractivity contribution in [2.24, 2.45) is 5.92 Å². The molecule has 0 aromatic carbocycles. The SMILES string of the molecule is CC(CC1CCC1)NC(C)Cn1cccn1. The Balaban J connectivity index is 1.67. The van der Waals surface area contributed by atoms with Crippen molar-refractivity contribution in [1.82, 2.24) is 15.1 Å². The van der Waals surface area contributed by atoms with Gasteiger partial charge in [0.1, 0.15) is 0 Å². The number of rotatable bonds is 6. The van der Waals surface area contributed by atoms with Crippen molar-refractivity contribution in [3.05, 3.63) is 18.5 Å². The molecule has 1 fully saturated rings. The van der Waals surface area contributed by atoms with Gasteiger partial charge in [-0.2, -0.15) is 5.10 Å². The molecule has 16 heavy (non-hydrogen) atoms. The quantitative estimate of drug-likeness (QED) is 0.799. The number of hydrogen-bond donors (Lipinski definition) is 1. The third-order valence-corrected chi connectivity index (χ3v) is 3.50. The summed E-state index contributed by atoms with van der Waals surface area (Å²) in [5, 5.41) is 7.88. The van der Waals surface area contributed by atoms with Crippen molar-refractivity contribution in [2.45, 2.75) is 58.2 Å². The Labute approximate surface area is 98.2 Å². The largest absolute Gasteiger partial charge is 0.310 e. The first-order valence-electron chi connectivity index (χ1n) is 6.47. The van der Waals surface area contributed by atoms with Gasteiger partial charge in [-0.05, 0) is 32.3 Å². The van der Waals surface area contributed by atoms with Gasteiger partial charge in [-0.25, -0.2) is 0 Å². The van der Waals surface area contributed by atoms with Gasteiger partial charge >= 0.3 is 0 Å². The van der Waals surface area contributed by atoms with Crippen molar-refractivity contribution in [1.29, 1.82) is 0 Å². The lowest BCUT2D eigenvalue weighted by atomic mass is 9.81. The van der Waals surface area contributed by atoms with Crippen LogP contribution in [0.25, 0.3) is 0 Å². The highest BCUT2D eigenvalue weighted by atomic mass is 15.3. The van der Waals surface area contributed by atoms with Crippen molar-refractivity contribution in [3.63, 3.8) is 0 Å². The van der Waals surface area contributed by atoms with Gasteiger partial charge in [0.05, 0.1) is 6.54 Å². The molecule has 0 spiro atoms. The predicted octanol–water partition coefficient (Wildman–Crippen LogP) is 2.44. The molecule has 1 N–H and O–H groups in total. The summed E-state index contributed by atoms with van der Waals surface area (Å²) in [4.78, 5) is 0. The topological polar surface area (TPSA) is 29.9 Å². The van der Waals surface area contributed by atoms with E-state index in [4.69, 9.17) is 0 Å². The standard InChI is InChI=1S/C13H23N3/c1-11(9-13-5-3-6-13)15-12(2)10-16-8-4-7-14-16/h4,7-8,11-13,15H,3,5-6,9-10H2,1-2H3. The highest BCUT2D eigenvalue weighted by Gasteiger charge is 2.20. The molecule has 1 aromatic heterocycles. The van der Waals surface area contributed by atoms with Crippen LogP contribution in [0.2, 0.25) is 0 Å². The summed E-state index contributed by atoms with van der Waals surface area (Å²) in [6.07, 6.45) is 9.53. The van der Waals surface area contributed by atoms with E-state index in [9.17, 15) is 0 Å². The molecule has 2 rings (SSSR count). The zero-order chi connectivity index (χ0) is 11.4. The summed E-state index contributed by atoms with van der Waals surface area (Å²) < 4.78 is 1.99. The summed E-state index contributed by atoms with van der Waals surface area (Å²) in [5.74, 6) is 0.986. The Morgan fingerprint density at radius 1 is 1.38 bits per heavy atom. The van der Waals surface area contributed by atoms with Crippen molar-refractivity contribution in [3.8, 4) is 0 Å². The number of aromatic nitrogens is 2. The average molecular weight is 221 g/mol. The molecule has 3 heteroatoms. The van der Waals surface area contributed by atoms with E-state index in [0.29, 0.717) is 12.1 Å². The molecule has 0 radical (unpaired) electrons. The molecule has 1 heterocycles. The van der Waals surface area contributed by atoms with Gasteiger partial charge in [-0.15, -0.1) is 0 Å². The van der Waals surface area contributed by atoms with Crippen LogP contribution < -0.4 is 5.32 Å². The molecule has 0 saturated heterocycles. The van der Waals surface area contributed by atoms with Gasteiger partial charge in [-0.3, -0.25) is 4.68 Å². The molecule has 1 saturated carbocycles. The Kier molecular flexibility index (Phi) is 3.99. The fraction of sp³-hybridized carbons (Fsp3) is 0.769. The smallest absolute Gasteiger partial charge is 0.0560 e. The lowest BCUT2D eigenvalue weighted by Crippen LogP contribution is -2.39. The number of nitrogens with one attached hydrogen (secondary N) is 1. The summed E-state index contributed by atoms with van der Waals surface area (Å²) in [7, 11) is 0. The first-order chi connectivity index (χ1) is 7.74. The molecule has 1 aliphatic rings. The zero-order valence-electron chi connectivity index (χ0n) is 10.4. The molecule has 3 nitrogen and oxygen atoms in total. The second kappa shape index (κ2) is 5.48. The maximum absolute atomic E-state index is 4.23. The Bertz CT molecular complexity index is 290. The Hall–Kier alpha value is -0.830. The van der Waals surface area contributed by atoms with Crippen LogP contribution >= 0.6 is 0 Å². The van der Waals surface area contributed by atoms with Crippen LogP contribution in [0.3, 0.4) is 0 Å².